The van der Waals surface area contributed by atoms with Gasteiger partial charge in [0.1, 0.15) is 13.2 Å². The summed E-state index contributed by atoms with van der Waals surface area (Å²) in [7, 11) is 0. The molecule has 0 aliphatic rings. The summed E-state index contributed by atoms with van der Waals surface area (Å²) in [5, 5.41) is 0. The van der Waals surface area contributed by atoms with E-state index in [2.05, 4.69) is 69.4 Å². The molecule has 0 aromatic carbocycles. The van der Waals surface area contributed by atoms with Crippen LogP contribution in [0.3, 0.4) is 0 Å². The third-order valence-electron chi connectivity index (χ3n) is 14.6. The van der Waals surface area contributed by atoms with E-state index in [1.54, 1.807) is 0 Å². The highest BCUT2D eigenvalue weighted by atomic mass is 16.6. The van der Waals surface area contributed by atoms with Gasteiger partial charge in [0.15, 0.2) is 6.10 Å². The molecule has 74 heavy (non-hydrogen) atoms. The fourth-order valence-corrected chi connectivity index (χ4v) is 9.73. The molecule has 1 unspecified atom stereocenters. The average molecular weight is 1040 g/mol. The molecule has 1 atom stereocenters. The van der Waals surface area contributed by atoms with Gasteiger partial charge >= 0.3 is 17.9 Å². The minimum absolute atomic E-state index is 0.0675. The second-order valence-corrected chi connectivity index (χ2v) is 22.0. The molecular formula is C68H124O6. The predicted molar refractivity (Wildman–Crippen MR) is 321 cm³/mol. The van der Waals surface area contributed by atoms with E-state index < -0.39 is 6.10 Å². The van der Waals surface area contributed by atoms with E-state index in [9.17, 15) is 14.4 Å². The lowest BCUT2D eigenvalue weighted by Gasteiger charge is -2.18. The molecule has 0 fully saturated rings. The van der Waals surface area contributed by atoms with E-state index in [-0.39, 0.29) is 31.1 Å². The summed E-state index contributed by atoms with van der Waals surface area (Å²) in [6.07, 6.45) is 78.4. The first-order valence-corrected chi connectivity index (χ1v) is 32.6. The van der Waals surface area contributed by atoms with E-state index in [1.807, 2.05) is 0 Å². The maximum atomic E-state index is 12.9. The van der Waals surface area contributed by atoms with Crippen molar-refractivity contribution >= 4 is 17.9 Å². The van der Waals surface area contributed by atoms with Gasteiger partial charge in [0, 0.05) is 19.3 Å². The van der Waals surface area contributed by atoms with Crippen molar-refractivity contribution in [2.45, 2.75) is 354 Å². The van der Waals surface area contributed by atoms with Gasteiger partial charge < -0.3 is 14.2 Å². The molecule has 0 heterocycles. The topological polar surface area (TPSA) is 78.9 Å². The van der Waals surface area contributed by atoms with E-state index in [4.69, 9.17) is 14.2 Å². The van der Waals surface area contributed by atoms with E-state index in [0.29, 0.717) is 19.3 Å². The van der Waals surface area contributed by atoms with Crippen LogP contribution < -0.4 is 0 Å². The fraction of sp³-hybridized carbons (Fsp3) is 0.838. The van der Waals surface area contributed by atoms with Crippen molar-refractivity contribution in [1.82, 2.24) is 0 Å². The largest absolute Gasteiger partial charge is 0.462 e. The van der Waals surface area contributed by atoms with Crippen LogP contribution in [-0.4, -0.2) is 37.2 Å². The van der Waals surface area contributed by atoms with Crippen LogP contribution in [0.1, 0.15) is 348 Å². The highest BCUT2D eigenvalue weighted by Crippen LogP contribution is 2.18. The van der Waals surface area contributed by atoms with Gasteiger partial charge in [-0.2, -0.15) is 0 Å². The molecule has 6 heteroatoms. The normalized spacial score (nSPS) is 12.3. The Hall–Kier alpha value is -2.63. The number of unbranched alkanes of at least 4 members (excludes halogenated alkanes) is 41. The highest BCUT2D eigenvalue weighted by Gasteiger charge is 2.19. The Kier molecular flexibility index (Phi) is 60.7. The molecule has 0 bridgehead atoms. The lowest BCUT2D eigenvalue weighted by atomic mass is 10.0. The number of ether oxygens (including phenoxy) is 3. The first-order chi connectivity index (χ1) is 36.5. The second kappa shape index (κ2) is 62.9. The van der Waals surface area contributed by atoms with E-state index >= 15 is 0 Å². The van der Waals surface area contributed by atoms with Crippen molar-refractivity contribution in [3.8, 4) is 0 Å². The Morgan fingerprint density at radius 1 is 0.284 bits per heavy atom. The quantitative estimate of drug-likeness (QED) is 0.0261. The van der Waals surface area contributed by atoms with Crippen molar-refractivity contribution in [2.75, 3.05) is 13.2 Å². The zero-order chi connectivity index (χ0) is 53.6. The average Bonchev–Trinajstić information content (AvgIpc) is 3.40. The molecule has 0 aromatic heterocycles. The van der Waals surface area contributed by atoms with Crippen LogP contribution in [0.4, 0.5) is 0 Å². The number of carbonyl (C=O) groups excluding carboxylic acids is 3. The first kappa shape index (κ1) is 71.4. The maximum Gasteiger partial charge on any atom is 0.306 e. The van der Waals surface area contributed by atoms with Gasteiger partial charge in [-0.05, 0) is 57.8 Å². The Morgan fingerprint density at radius 2 is 0.527 bits per heavy atom. The molecule has 0 N–H and O–H groups in total. The summed E-state index contributed by atoms with van der Waals surface area (Å²) in [5.41, 5.74) is 0. The fourth-order valence-electron chi connectivity index (χ4n) is 9.73. The lowest BCUT2D eigenvalue weighted by molar-refractivity contribution is -0.167. The summed E-state index contributed by atoms with van der Waals surface area (Å²) >= 11 is 0. The molecule has 432 valence electrons. The molecule has 6 nitrogen and oxygen atoms in total. The van der Waals surface area contributed by atoms with Crippen LogP contribution in [0.15, 0.2) is 48.6 Å². The van der Waals surface area contributed by atoms with Crippen LogP contribution in [0.5, 0.6) is 0 Å². The maximum absolute atomic E-state index is 12.9. The molecule has 0 amide bonds. The smallest absolute Gasteiger partial charge is 0.306 e. The van der Waals surface area contributed by atoms with Gasteiger partial charge in [-0.25, -0.2) is 0 Å². The van der Waals surface area contributed by atoms with Crippen LogP contribution in [0.25, 0.3) is 0 Å². The first-order valence-electron chi connectivity index (χ1n) is 32.6. The molecule has 0 aliphatic carbocycles. The molecule has 0 rings (SSSR count). The van der Waals surface area contributed by atoms with Crippen molar-refractivity contribution in [1.29, 1.82) is 0 Å². The Morgan fingerprint density at radius 3 is 0.824 bits per heavy atom. The van der Waals surface area contributed by atoms with Gasteiger partial charge in [-0.15, -0.1) is 0 Å². The number of esters is 3. The van der Waals surface area contributed by atoms with Crippen LogP contribution in [-0.2, 0) is 28.6 Å². The Balaban J connectivity index is 4.24. The van der Waals surface area contributed by atoms with Crippen molar-refractivity contribution < 1.29 is 28.6 Å². The number of rotatable bonds is 60. The van der Waals surface area contributed by atoms with Gasteiger partial charge in [0.2, 0.25) is 0 Å². The summed E-state index contributed by atoms with van der Waals surface area (Å²) < 4.78 is 16.9. The number of allylic oxidation sites excluding steroid dienone is 8. The van der Waals surface area contributed by atoms with E-state index in [0.717, 1.165) is 83.5 Å². The second-order valence-electron chi connectivity index (χ2n) is 22.0. The predicted octanol–water partition coefficient (Wildman–Crippen LogP) is 22.2. The van der Waals surface area contributed by atoms with Crippen molar-refractivity contribution in [3.63, 3.8) is 0 Å². The molecule has 0 saturated heterocycles. The SMILES string of the molecule is CC/C=C\C/C=C\C/C=C\C/C=C\CCCCCCCCCCCCCCC(=O)OCC(COC(=O)CCCCCCCCCCCCCC)OC(=O)CCCCCCCCCCCCCCCCCCCCC. The minimum Gasteiger partial charge on any atom is -0.462 e. The molecular weight excluding hydrogens is 913 g/mol. The summed E-state index contributed by atoms with van der Waals surface area (Å²) in [6, 6.07) is 0. The van der Waals surface area contributed by atoms with Crippen LogP contribution in [0.2, 0.25) is 0 Å². The molecule has 0 saturated carbocycles. The highest BCUT2D eigenvalue weighted by molar-refractivity contribution is 5.71. The molecule has 0 spiro atoms. The zero-order valence-electron chi connectivity index (χ0n) is 49.6. The van der Waals surface area contributed by atoms with Gasteiger partial charge in [-0.1, -0.05) is 320 Å². The summed E-state index contributed by atoms with van der Waals surface area (Å²) in [5.74, 6) is -0.845. The van der Waals surface area contributed by atoms with Crippen molar-refractivity contribution in [3.05, 3.63) is 48.6 Å². The zero-order valence-corrected chi connectivity index (χ0v) is 49.6. The lowest BCUT2D eigenvalue weighted by Crippen LogP contribution is -2.30. The number of hydrogen-bond acceptors (Lipinski definition) is 6. The Bertz CT molecular complexity index is 1280. The van der Waals surface area contributed by atoms with Gasteiger partial charge in [0.25, 0.3) is 0 Å². The van der Waals surface area contributed by atoms with Crippen molar-refractivity contribution in [2.24, 2.45) is 0 Å². The van der Waals surface area contributed by atoms with E-state index in [1.165, 1.54) is 225 Å². The molecule has 0 aliphatic heterocycles. The number of hydrogen-bond donors (Lipinski definition) is 0. The molecule has 0 radical (unpaired) electrons. The third-order valence-corrected chi connectivity index (χ3v) is 14.6. The standard InChI is InChI=1S/C68H124O6/c1-4-7-10-13-16-19-22-25-27-29-31-32-33-34-35-36-38-39-41-43-46-49-52-55-58-61-67(70)73-64-65(63-72-66(69)60-57-54-51-48-45-24-21-18-15-12-9-6-3)74-68(71)62-59-56-53-50-47-44-42-40-37-30-28-26-23-20-17-14-11-8-5-2/h7,10,16,19,25,27,31-32,65H,4-6,8-9,11-15,17-18,20-24,26,28-30,33-64H2,1-3H3/b10-7-,19-16-,27-25-,32-31-. The monoisotopic (exact) mass is 1040 g/mol. The van der Waals surface area contributed by atoms with Gasteiger partial charge in [-0.3, -0.25) is 14.4 Å². The molecule has 0 aromatic rings. The summed E-state index contributed by atoms with van der Waals surface area (Å²) in [6.45, 7) is 6.58. The minimum atomic E-state index is -0.770. The van der Waals surface area contributed by atoms with Crippen LogP contribution >= 0.6 is 0 Å². The van der Waals surface area contributed by atoms with Crippen LogP contribution in [0, 0.1) is 0 Å². The number of carbonyl (C=O) groups is 3. The third kappa shape index (κ3) is 60.2. The van der Waals surface area contributed by atoms with Gasteiger partial charge in [0.05, 0.1) is 0 Å². The summed E-state index contributed by atoms with van der Waals surface area (Å²) in [4.78, 5) is 38.3. The Labute approximate surface area is 460 Å².